The number of thiazole rings is 1. The fourth-order valence-corrected chi connectivity index (χ4v) is 11.0. The number of aromatic nitrogens is 1. The van der Waals surface area contributed by atoms with Gasteiger partial charge in [-0.05, 0) is 194 Å². The average Bonchev–Trinajstić information content (AvgIpc) is 4.06. The number of hydrogen-bond acceptors (Lipinski definition) is 18. The molecule has 86 heavy (non-hydrogen) atoms. The number of benzene rings is 5. The van der Waals surface area contributed by atoms with Gasteiger partial charge in [0.1, 0.15) is 34.5 Å². The highest BCUT2D eigenvalue weighted by Crippen LogP contribution is 2.36. The van der Waals surface area contributed by atoms with Crippen molar-refractivity contribution in [1.82, 2.24) is 4.98 Å². The van der Waals surface area contributed by atoms with Crippen LogP contribution >= 0.6 is 11.3 Å². The molecule has 1 aromatic heterocycles. The van der Waals surface area contributed by atoms with Crippen molar-refractivity contribution in [2.45, 2.75) is 109 Å². The maximum absolute atomic E-state index is 14.0. The lowest BCUT2D eigenvalue weighted by Crippen LogP contribution is -2.30. The molecule has 2 saturated carbocycles. The minimum Gasteiger partial charge on any atom is -0.494 e. The summed E-state index contributed by atoms with van der Waals surface area (Å²) in [6, 6.07) is 36.6. The minimum atomic E-state index is -0.479. The van der Waals surface area contributed by atoms with Crippen LogP contribution in [-0.2, 0) is 44.7 Å². The van der Waals surface area contributed by atoms with Gasteiger partial charge < -0.3 is 37.9 Å². The van der Waals surface area contributed by atoms with Crippen LogP contribution in [0.2, 0.25) is 0 Å². The molecule has 17 nitrogen and oxygen atoms in total. The van der Waals surface area contributed by atoms with Crippen LogP contribution < -0.4 is 33.4 Å². The number of unbranched alkanes of at least 4 members (excludes halogenated alkanes) is 6. The number of carbonyl (C=O) groups is 6. The maximum atomic E-state index is 14.0. The number of carbonyl (C=O) groups excluding carboxylic acids is 6. The summed E-state index contributed by atoms with van der Waals surface area (Å²) in [5, 5.41) is 7.44. The third kappa shape index (κ3) is 20.3. The molecule has 0 radical (unpaired) electrons. The first-order valence-electron chi connectivity index (χ1n) is 29.8. The van der Waals surface area contributed by atoms with Gasteiger partial charge in [0.15, 0.2) is 0 Å². The van der Waals surface area contributed by atoms with E-state index in [4.69, 9.17) is 48.0 Å². The predicted molar refractivity (Wildman–Crippen MR) is 328 cm³/mol. The van der Waals surface area contributed by atoms with Gasteiger partial charge in [-0.1, -0.05) is 67.0 Å². The van der Waals surface area contributed by atoms with Crippen LogP contribution in [0.5, 0.6) is 34.5 Å². The SMILES string of the molecule is C=CC(=O)OCCCCCCOc1ccc(OC(=O)C2CCC(C(=O)Oc3ccc(OC(=O)C4CCC(C(=O)Oc5ccc(OCCCCCCOC(=O)C=C)cc5)CC4)c(C=NN(CCc4ccccc4)c4nc5ccccc5s4)c3)CC2)cc1. The second-order valence-corrected chi connectivity index (χ2v) is 22.3. The van der Waals surface area contributed by atoms with E-state index in [1.165, 1.54) is 11.3 Å². The van der Waals surface area contributed by atoms with Crippen molar-refractivity contribution in [2.24, 2.45) is 28.8 Å². The van der Waals surface area contributed by atoms with Crippen molar-refractivity contribution >= 4 is 68.7 Å². The summed E-state index contributed by atoms with van der Waals surface area (Å²) in [5.41, 5.74) is 2.35. The van der Waals surface area contributed by atoms with Gasteiger partial charge in [-0.25, -0.2) is 19.6 Å². The first-order chi connectivity index (χ1) is 42.0. The molecule has 18 heteroatoms. The number of anilines is 1. The molecule has 0 bridgehead atoms. The Morgan fingerprint density at radius 2 is 0.930 bits per heavy atom. The molecule has 1 heterocycles. The van der Waals surface area contributed by atoms with Crippen LogP contribution in [0.15, 0.2) is 152 Å². The highest BCUT2D eigenvalue weighted by atomic mass is 32.1. The molecule has 452 valence electrons. The summed E-state index contributed by atoms with van der Waals surface area (Å²) in [5.74, 6) is -1.55. The zero-order chi connectivity index (χ0) is 60.3. The molecule has 0 aliphatic heterocycles. The molecule has 2 aliphatic rings. The maximum Gasteiger partial charge on any atom is 0.330 e. The lowest BCUT2D eigenvalue weighted by atomic mass is 9.82. The fraction of sp³-hybridized carbons (Fsp3) is 0.382. The third-order valence-corrected chi connectivity index (χ3v) is 16.1. The van der Waals surface area contributed by atoms with E-state index < -0.39 is 41.6 Å². The van der Waals surface area contributed by atoms with Crippen LogP contribution in [0.25, 0.3) is 10.2 Å². The number of para-hydroxylation sites is 1. The van der Waals surface area contributed by atoms with Crippen LogP contribution in [-0.4, -0.2) is 80.0 Å². The van der Waals surface area contributed by atoms with E-state index in [-0.39, 0.29) is 29.4 Å². The Morgan fingerprint density at radius 3 is 1.42 bits per heavy atom. The second kappa shape index (κ2) is 33.7. The molecule has 0 atom stereocenters. The number of hydrazone groups is 1. The number of fused-ring (bicyclic) bond motifs is 1. The molecule has 6 aromatic rings. The van der Waals surface area contributed by atoms with Gasteiger partial charge in [-0.2, -0.15) is 5.10 Å². The second-order valence-electron chi connectivity index (χ2n) is 21.3. The molecular formula is C68H75N3O14S. The zero-order valence-electron chi connectivity index (χ0n) is 48.5. The summed E-state index contributed by atoms with van der Waals surface area (Å²) in [7, 11) is 0. The van der Waals surface area contributed by atoms with Gasteiger partial charge in [-0.3, -0.25) is 19.2 Å². The van der Waals surface area contributed by atoms with Crippen molar-refractivity contribution < 1.29 is 66.7 Å². The Morgan fingerprint density at radius 1 is 0.500 bits per heavy atom. The largest absolute Gasteiger partial charge is 0.494 e. The molecule has 0 spiro atoms. The number of hydrogen-bond donors (Lipinski definition) is 0. The first-order valence-corrected chi connectivity index (χ1v) is 30.6. The lowest BCUT2D eigenvalue weighted by molar-refractivity contribution is -0.145. The monoisotopic (exact) mass is 1190 g/mol. The zero-order valence-corrected chi connectivity index (χ0v) is 49.3. The Bertz CT molecular complexity index is 3190. The quantitative estimate of drug-likeness (QED) is 0.00962. The van der Waals surface area contributed by atoms with Crippen molar-refractivity contribution in [3.8, 4) is 34.5 Å². The fourth-order valence-electron chi connectivity index (χ4n) is 10.1. The highest BCUT2D eigenvalue weighted by Gasteiger charge is 2.34. The highest BCUT2D eigenvalue weighted by molar-refractivity contribution is 7.22. The van der Waals surface area contributed by atoms with Crippen molar-refractivity contribution in [3.05, 3.63) is 158 Å². The Hall–Kier alpha value is -8.64. The lowest BCUT2D eigenvalue weighted by Gasteiger charge is -2.26. The van der Waals surface area contributed by atoms with Crippen LogP contribution in [0.1, 0.15) is 114 Å². The summed E-state index contributed by atoms with van der Waals surface area (Å²) in [4.78, 5) is 81.7. The van der Waals surface area contributed by atoms with E-state index in [2.05, 4.69) is 25.3 Å². The Kier molecular flexibility index (Phi) is 24.9. The van der Waals surface area contributed by atoms with Crippen LogP contribution in [0, 0.1) is 23.7 Å². The summed E-state index contributed by atoms with van der Waals surface area (Å²) < 4.78 is 46.4. The van der Waals surface area contributed by atoms with Gasteiger partial charge in [0, 0.05) is 24.3 Å². The Labute approximate surface area is 506 Å². The summed E-state index contributed by atoms with van der Waals surface area (Å²) >= 11 is 1.51. The molecule has 0 N–H and O–H groups in total. The topological polar surface area (TPSA) is 205 Å². The molecule has 2 aliphatic carbocycles. The molecule has 5 aromatic carbocycles. The molecule has 0 saturated heterocycles. The predicted octanol–water partition coefficient (Wildman–Crippen LogP) is 13.4. The van der Waals surface area contributed by atoms with Gasteiger partial charge in [-0.15, -0.1) is 0 Å². The van der Waals surface area contributed by atoms with E-state index in [1.54, 1.807) is 72.9 Å². The van der Waals surface area contributed by atoms with Gasteiger partial charge in [0.05, 0.1) is 66.5 Å². The smallest absolute Gasteiger partial charge is 0.330 e. The number of nitrogens with zero attached hydrogens (tertiary/aromatic N) is 3. The molecule has 0 unspecified atom stereocenters. The first kappa shape index (κ1) is 63.4. The number of rotatable bonds is 32. The van der Waals surface area contributed by atoms with Crippen LogP contribution in [0.4, 0.5) is 5.13 Å². The normalized spacial score (nSPS) is 16.5. The van der Waals surface area contributed by atoms with Gasteiger partial charge >= 0.3 is 35.8 Å². The minimum absolute atomic E-state index is 0.221. The molecular weight excluding hydrogens is 1110 g/mol. The van der Waals surface area contributed by atoms with E-state index in [0.717, 1.165) is 79.3 Å². The van der Waals surface area contributed by atoms with Gasteiger partial charge in [0.25, 0.3) is 0 Å². The molecule has 8 rings (SSSR count). The number of esters is 6. The molecule has 2 fully saturated rings. The summed E-state index contributed by atoms with van der Waals surface area (Å²) in [6.45, 7) is 9.06. The average molecular weight is 1190 g/mol. The van der Waals surface area contributed by atoms with E-state index in [1.807, 2.05) is 47.5 Å². The van der Waals surface area contributed by atoms with Crippen LogP contribution in [0.3, 0.4) is 0 Å². The van der Waals surface area contributed by atoms with Crippen molar-refractivity contribution in [3.63, 3.8) is 0 Å². The number of ether oxygens (including phenoxy) is 8. The van der Waals surface area contributed by atoms with Crippen molar-refractivity contribution in [1.29, 1.82) is 0 Å². The third-order valence-electron chi connectivity index (χ3n) is 15.0. The molecule has 0 amide bonds. The van der Waals surface area contributed by atoms with Gasteiger partial charge in [0.2, 0.25) is 5.13 Å². The van der Waals surface area contributed by atoms with Crippen molar-refractivity contribution in [2.75, 3.05) is 38.0 Å². The summed E-state index contributed by atoms with van der Waals surface area (Å²) in [6.07, 6.45) is 15.0. The van der Waals surface area contributed by atoms with E-state index in [9.17, 15) is 28.8 Å². The van der Waals surface area contributed by atoms with E-state index >= 15 is 0 Å². The van der Waals surface area contributed by atoms with E-state index in [0.29, 0.717) is 124 Å². The standard InChI is InChI=1S/C68H75N3O14S/c1-3-62(72)80-44-16-7-5-14-42-78-54-30-34-56(35-31-54)82-64(74)49-22-24-51(25-23-49)66(76)84-58-38-39-60(53(46-58)47-69-71(41-40-48-18-10-9-11-19-48)68-70-59-20-12-13-21-61(59)86-68)85-67(77)52-28-26-50(27-29-52)65(75)83-57-36-32-55(33-37-57)79-43-15-6-8-17-45-81-63(73)4-2/h3-4,9-13,18-21,30-39,46-47,49-52H,1-2,5-8,14-17,22-29,40-45H2. The Balaban J connectivity index is 0.846.